The lowest BCUT2D eigenvalue weighted by molar-refractivity contribution is -0.528. The first kappa shape index (κ1) is 21.4. The molecule has 0 spiro atoms. The molecule has 0 heterocycles. The van der Waals surface area contributed by atoms with Crippen molar-refractivity contribution in [2.75, 3.05) is 0 Å². The van der Waals surface area contributed by atoms with Crippen molar-refractivity contribution in [3.63, 3.8) is 0 Å². The Labute approximate surface area is 122 Å². The molecular weight excluding hydrogens is 328 g/mol. The Kier molecular flexibility index (Phi) is 5.31. The maximum Gasteiger partial charge on any atom is 0.489 e. The van der Waals surface area contributed by atoms with Crippen molar-refractivity contribution in [1.82, 2.24) is 0 Å². The Morgan fingerprint density at radius 1 is 0.591 bits per heavy atom. The molecule has 22 heavy (non-hydrogen) atoms. The zero-order valence-corrected chi connectivity index (χ0v) is 12.8. The largest absolute Gasteiger partial charge is 0.489 e. The van der Waals surface area contributed by atoms with Crippen molar-refractivity contribution in [2.24, 2.45) is 5.41 Å². The minimum Gasteiger partial charge on any atom is -0.290 e. The van der Waals surface area contributed by atoms with Crippen LogP contribution in [0.2, 0.25) is 0 Å². The molecule has 0 bridgehead atoms. The molecule has 0 aromatic rings. The first-order valence-corrected chi connectivity index (χ1v) is 6.08. The Bertz CT molecular complexity index is 391. The first-order chi connectivity index (χ1) is 9.16. The second-order valence-electron chi connectivity index (χ2n) is 6.70. The van der Waals surface area contributed by atoms with E-state index in [1.807, 2.05) is 0 Å². The number of hydrogen-bond acceptors (Lipinski definition) is 2. The van der Waals surface area contributed by atoms with E-state index >= 15 is 0 Å². The molecule has 0 N–H and O–H groups in total. The third-order valence-electron chi connectivity index (χ3n) is 2.39. The van der Waals surface area contributed by atoms with E-state index in [2.05, 4.69) is 9.47 Å². The van der Waals surface area contributed by atoms with Crippen LogP contribution in [0.1, 0.15) is 41.5 Å². The molecule has 0 saturated carbocycles. The van der Waals surface area contributed by atoms with Crippen molar-refractivity contribution in [2.45, 2.75) is 71.4 Å². The van der Waals surface area contributed by atoms with Gasteiger partial charge >= 0.3 is 24.2 Å². The van der Waals surface area contributed by atoms with Crippen LogP contribution in [-0.2, 0) is 9.47 Å². The third-order valence-corrected chi connectivity index (χ3v) is 2.39. The lowest BCUT2D eigenvalue weighted by atomic mass is 9.83. The Balaban J connectivity index is 5.89. The summed E-state index contributed by atoms with van der Waals surface area (Å²) in [6.07, 6.45) is -11.6. The maximum atomic E-state index is 14.0. The molecule has 0 aliphatic heterocycles. The van der Waals surface area contributed by atoms with Crippen LogP contribution < -0.4 is 0 Å². The Morgan fingerprint density at radius 2 is 0.955 bits per heavy atom. The van der Waals surface area contributed by atoms with Crippen molar-refractivity contribution < 1.29 is 44.6 Å². The highest BCUT2D eigenvalue weighted by molar-refractivity contribution is 4.99. The number of ether oxygens (including phenoxy) is 2. The summed E-state index contributed by atoms with van der Waals surface area (Å²) in [5.74, 6) is -11.3. The van der Waals surface area contributed by atoms with E-state index in [1.165, 1.54) is 0 Å². The van der Waals surface area contributed by atoms with Gasteiger partial charge in [-0.05, 0) is 20.8 Å². The molecule has 2 nitrogen and oxygen atoms in total. The maximum absolute atomic E-state index is 14.0. The lowest BCUT2D eigenvalue weighted by Crippen LogP contribution is -2.64. The highest BCUT2D eigenvalue weighted by Gasteiger charge is 2.79. The van der Waals surface area contributed by atoms with Gasteiger partial charge in [-0.2, -0.15) is 26.3 Å². The first-order valence-electron chi connectivity index (χ1n) is 6.08. The summed E-state index contributed by atoms with van der Waals surface area (Å²) in [4.78, 5) is 0. The fourth-order valence-electron chi connectivity index (χ4n) is 1.32. The minimum atomic E-state index is -6.42. The molecular formula is C12H18F8O2. The molecule has 1 unspecified atom stereocenters. The van der Waals surface area contributed by atoms with Gasteiger partial charge < -0.3 is 0 Å². The van der Waals surface area contributed by atoms with Crippen molar-refractivity contribution >= 4 is 0 Å². The van der Waals surface area contributed by atoms with Gasteiger partial charge in [0.25, 0.3) is 0 Å². The summed E-state index contributed by atoms with van der Waals surface area (Å²) < 4.78 is 113. The monoisotopic (exact) mass is 346 g/mol. The van der Waals surface area contributed by atoms with Crippen LogP contribution in [0, 0.1) is 5.41 Å². The van der Waals surface area contributed by atoms with Crippen LogP contribution in [0.15, 0.2) is 0 Å². The molecule has 0 saturated heterocycles. The predicted molar refractivity (Wildman–Crippen MR) is 61.2 cm³/mol. The molecule has 0 aromatic heterocycles. The number of rotatable bonds is 4. The van der Waals surface area contributed by atoms with Crippen molar-refractivity contribution in [3.8, 4) is 0 Å². The molecule has 134 valence electrons. The Morgan fingerprint density at radius 3 is 1.18 bits per heavy atom. The summed E-state index contributed by atoms with van der Waals surface area (Å²) in [6, 6.07) is 0. The van der Waals surface area contributed by atoms with Gasteiger partial charge in [0.1, 0.15) is 0 Å². The molecule has 0 aromatic carbocycles. The van der Waals surface area contributed by atoms with Crippen LogP contribution in [0.3, 0.4) is 0 Å². The van der Waals surface area contributed by atoms with Gasteiger partial charge in [-0.25, -0.2) is 4.74 Å². The predicted octanol–water partition coefficient (Wildman–Crippen LogP) is 5.28. The Hall–Kier alpha value is -0.640. The number of halogens is 8. The van der Waals surface area contributed by atoms with Crippen LogP contribution in [0.5, 0.6) is 0 Å². The van der Waals surface area contributed by atoms with Gasteiger partial charge in [-0.3, -0.25) is 4.74 Å². The molecule has 1 atom stereocenters. The number of hydrogen-bond donors (Lipinski definition) is 0. The van der Waals surface area contributed by atoms with Gasteiger partial charge in [-0.1, -0.05) is 20.8 Å². The topological polar surface area (TPSA) is 18.5 Å². The van der Waals surface area contributed by atoms with Crippen LogP contribution in [0.4, 0.5) is 35.1 Å². The average molecular weight is 346 g/mol. The molecule has 0 radical (unpaired) electrons. The van der Waals surface area contributed by atoms with E-state index in [9.17, 15) is 35.1 Å². The minimum absolute atomic E-state index is 0.555. The van der Waals surface area contributed by atoms with E-state index in [0.29, 0.717) is 20.8 Å². The van der Waals surface area contributed by atoms with Gasteiger partial charge in [-0.15, -0.1) is 8.78 Å². The lowest BCUT2D eigenvalue weighted by Gasteiger charge is -2.42. The second-order valence-corrected chi connectivity index (χ2v) is 6.70. The van der Waals surface area contributed by atoms with Gasteiger partial charge in [0, 0.05) is 5.41 Å². The summed E-state index contributed by atoms with van der Waals surface area (Å²) in [5.41, 5.74) is -4.43. The fraction of sp³-hybridized carbons (Fsp3) is 1.00. The normalized spacial score (nSPS) is 18.3. The van der Waals surface area contributed by atoms with Crippen LogP contribution in [0.25, 0.3) is 0 Å². The standard InChI is InChI=1S/C12H18F8O2/c1-7(2,3)9(13,14)10(15,11(16,17)18)22-12(19,20)21-8(4,5)6/h1-6H3. The SMILES string of the molecule is CC(C)(C)OC(F)(F)OC(F)(C(F)(F)F)C(F)(F)C(C)(C)C. The summed E-state index contributed by atoms with van der Waals surface area (Å²) in [5, 5.41) is 0. The van der Waals surface area contributed by atoms with E-state index in [-0.39, 0.29) is 0 Å². The second kappa shape index (κ2) is 5.47. The highest BCUT2D eigenvalue weighted by Crippen LogP contribution is 2.55. The van der Waals surface area contributed by atoms with Gasteiger partial charge in [0.2, 0.25) is 0 Å². The smallest absolute Gasteiger partial charge is 0.290 e. The quantitative estimate of drug-likeness (QED) is 0.509. The van der Waals surface area contributed by atoms with E-state index in [4.69, 9.17) is 0 Å². The molecule has 0 aliphatic carbocycles. The van der Waals surface area contributed by atoms with Gasteiger partial charge in [0.15, 0.2) is 0 Å². The fourth-order valence-corrected chi connectivity index (χ4v) is 1.32. The van der Waals surface area contributed by atoms with E-state index < -0.39 is 35.3 Å². The molecule has 0 amide bonds. The number of alkyl halides is 8. The molecule has 0 aliphatic rings. The van der Waals surface area contributed by atoms with E-state index in [1.54, 1.807) is 0 Å². The zero-order valence-electron chi connectivity index (χ0n) is 12.8. The van der Waals surface area contributed by atoms with E-state index in [0.717, 1.165) is 20.8 Å². The molecule has 0 rings (SSSR count). The molecule has 10 heteroatoms. The van der Waals surface area contributed by atoms with Crippen LogP contribution in [-0.4, -0.2) is 29.8 Å². The van der Waals surface area contributed by atoms with Crippen molar-refractivity contribution in [3.05, 3.63) is 0 Å². The third kappa shape index (κ3) is 4.43. The summed E-state index contributed by atoms with van der Waals surface area (Å²) in [6.45, 7) is 4.66. The molecule has 0 fully saturated rings. The van der Waals surface area contributed by atoms with Gasteiger partial charge in [0.05, 0.1) is 5.60 Å². The summed E-state index contributed by atoms with van der Waals surface area (Å²) in [7, 11) is 0. The highest BCUT2D eigenvalue weighted by atomic mass is 19.4. The van der Waals surface area contributed by atoms with Crippen LogP contribution >= 0.6 is 0 Å². The zero-order chi connectivity index (χ0) is 18.4. The summed E-state index contributed by atoms with van der Waals surface area (Å²) >= 11 is 0. The van der Waals surface area contributed by atoms with Crippen molar-refractivity contribution in [1.29, 1.82) is 0 Å². The average Bonchev–Trinajstić information content (AvgIpc) is 2.07.